The predicted molar refractivity (Wildman–Crippen MR) is 126 cm³/mol. The molecule has 0 N–H and O–H groups in total. The average molecular weight is 402 g/mol. The van der Waals surface area contributed by atoms with Crippen LogP contribution in [-0.4, -0.2) is 0 Å². The fraction of sp³-hybridized carbons (Fsp3) is 0.0690. The van der Waals surface area contributed by atoms with Crippen molar-refractivity contribution in [3.8, 4) is 11.3 Å². The number of rotatable bonds is 4. The van der Waals surface area contributed by atoms with Gasteiger partial charge in [-0.3, -0.25) is 0 Å². The molecule has 5 aromatic rings. The maximum Gasteiger partial charge on any atom is 0.344 e. The highest BCUT2D eigenvalue weighted by Gasteiger charge is 2.25. The summed E-state index contributed by atoms with van der Waals surface area (Å²) in [7, 11) is 0. The maximum atomic E-state index is 12.9. The van der Waals surface area contributed by atoms with Crippen molar-refractivity contribution in [2.45, 2.75) is 12.8 Å². The number of fused-ring (bicyclic) bond motifs is 1. The van der Waals surface area contributed by atoms with Gasteiger partial charge in [0.2, 0.25) is 0 Å². The van der Waals surface area contributed by atoms with E-state index in [0.717, 1.165) is 33.2 Å². The summed E-state index contributed by atoms with van der Waals surface area (Å²) in [6.07, 6.45) is 0. The normalized spacial score (nSPS) is 11.2. The largest absolute Gasteiger partial charge is 0.422 e. The Morgan fingerprint density at radius 2 is 1.13 bits per heavy atom. The highest BCUT2D eigenvalue weighted by atomic mass is 16.4. The number of hydrogen-bond donors (Lipinski definition) is 0. The fourth-order valence-electron chi connectivity index (χ4n) is 4.24. The van der Waals surface area contributed by atoms with Gasteiger partial charge in [-0.05, 0) is 29.5 Å². The SMILES string of the molecule is Cc1ccc(-c2oc(=O)c3ccccc3c2C(c2ccccc2)c2ccccc2)cc1. The highest BCUT2D eigenvalue weighted by Crippen LogP contribution is 2.41. The summed E-state index contributed by atoms with van der Waals surface area (Å²) in [5, 5.41) is 1.53. The summed E-state index contributed by atoms with van der Waals surface area (Å²) >= 11 is 0. The summed E-state index contributed by atoms with van der Waals surface area (Å²) in [6, 6.07) is 36.7. The molecule has 2 heteroatoms. The zero-order valence-electron chi connectivity index (χ0n) is 17.3. The first kappa shape index (κ1) is 19.1. The van der Waals surface area contributed by atoms with Crippen LogP contribution < -0.4 is 5.63 Å². The first-order chi connectivity index (χ1) is 15.2. The number of benzene rings is 4. The van der Waals surface area contributed by atoms with Crippen molar-refractivity contribution in [1.29, 1.82) is 0 Å². The quantitative estimate of drug-likeness (QED) is 0.326. The van der Waals surface area contributed by atoms with Gasteiger partial charge in [0.05, 0.1) is 5.39 Å². The molecular formula is C29H22O2. The predicted octanol–water partition coefficient (Wildman–Crippen LogP) is 6.95. The smallest absolute Gasteiger partial charge is 0.344 e. The van der Waals surface area contributed by atoms with Gasteiger partial charge < -0.3 is 4.42 Å². The summed E-state index contributed by atoms with van der Waals surface area (Å²) in [5.41, 5.74) is 5.07. The standard InChI is InChI=1S/C29H22O2/c1-20-16-18-23(19-17-20)28-27(24-14-8-9-15-25(24)29(30)31-28)26(21-10-4-2-5-11-21)22-12-6-3-7-13-22/h2-19,26H,1H3. The highest BCUT2D eigenvalue weighted by molar-refractivity contribution is 5.90. The second-order valence-electron chi connectivity index (χ2n) is 7.80. The average Bonchev–Trinajstić information content (AvgIpc) is 2.83. The molecule has 0 atom stereocenters. The van der Waals surface area contributed by atoms with Gasteiger partial charge in [-0.25, -0.2) is 4.79 Å². The topological polar surface area (TPSA) is 30.2 Å². The number of aryl methyl sites for hydroxylation is 1. The lowest BCUT2D eigenvalue weighted by atomic mass is 9.81. The molecule has 0 aliphatic heterocycles. The van der Waals surface area contributed by atoms with Crippen molar-refractivity contribution < 1.29 is 4.42 Å². The molecule has 0 bridgehead atoms. The molecule has 150 valence electrons. The van der Waals surface area contributed by atoms with E-state index >= 15 is 0 Å². The van der Waals surface area contributed by atoms with Crippen LogP contribution in [0.3, 0.4) is 0 Å². The minimum Gasteiger partial charge on any atom is -0.422 e. The second kappa shape index (κ2) is 8.08. The van der Waals surface area contributed by atoms with Crippen LogP contribution in [0.2, 0.25) is 0 Å². The molecule has 0 saturated carbocycles. The van der Waals surface area contributed by atoms with Crippen LogP contribution >= 0.6 is 0 Å². The van der Waals surface area contributed by atoms with E-state index in [2.05, 4.69) is 55.5 Å². The van der Waals surface area contributed by atoms with Crippen molar-refractivity contribution in [2.24, 2.45) is 0 Å². The molecule has 0 amide bonds. The van der Waals surface area contributed by atoms with Crippen LogP contribution in [0.25, 0.3) is 22.1 Å². The van der Waals surface area contributed by atoms with E-state index in [0.29, 0.717) is 11.1 Å². The van der Waals surface area contributed by atoms with Gasteiger partial charge in [0.1, 0.15) is 5.76 Å². The van der Waals surface area contributed by atoms with E-state index < -0.39 is 0 Å². The lowest BCUT2D eigenvalue weighted by molar-refractivity contribution is 0.528. The van der Waals surface area contributed by atoms with Crippen LogP contribution in [0.15, 0.2) is 118 Å². The first-order valence-corrected chi connectivity index (χ1v) is 10.4. The Labute approximate surface area is 181 Å². The van der Waals surface area contributed by atoms with E-state index in [1.165, 1.54) is 0 Å². The van der Waals surface area contributed by atoms with Crippen LogP contribution in [0.1, 0.15) is 28.2 Å². The van der Waals surface area contributed by atoms with Crippen molar-refractivity contribution in [1.82, 2.24) is 0 Å². The van der Waals surface area contributed by atoms with Crippen LogP contribution in [0, 0.1) is 6.92 Å². The third-order valence-electron chi connectivity index (χ3n) is 5.74. The van der Waals surface area contributed by atoms with E-state index in [-0.39, 0.29) is 11.5 Å². The van der Waals surface area contributed by atoms with Crippen molar-refractivity contribution in [3.05, 3.63) is 142 Å². The van der Waals surface area contributed by atoms with Crippen LogP contribution in [-0.2, 0) is 0 Å². The van der Waals surface area contributed by atoms with E-state index in [1.807, 2.05) is 60.7 Å². The van der Waals surface area contributed by atoms with E-state index in [9.17, 15) is 4.79 Å². The van der Waals surface area contributed by atoms with Gasteiger partial charge in [-0.1, -0.05) is 109 Å². The molecule has 0 saturated heterocycles. The Bertz CT molecular complexity index is 1340. The molecule has 0 unspecified atom stereocenters. The summed E-state index contributed by atoms with van der Waals surface area (Å²) in [4.78, 5) is 12.9. The fourth-order valence-corrected chi connectivity index (χ4v) is 4.24. The van der Waals surface area contributed by atoms with Gasteiger partial charge in [-0.2, -0.15) is 0 Å². The Balaban J connectivity index is 1.90. The zero-order chi connectivity index (χ0) is 21.2. The first-order valence-electron chi connectivity index (χ1n) is 10.4. The minimum atomic E-state index is -0.310. The van der Waals surface area contributed by atoms with Gasteiger partial charge in [-0.15, -0.1) is 0 Å². The maximum absolute atomic E-state index is 12.9. The van der Waals surface area contributed by atoms with Crippen molar-refractivity contribution in [2.75, 3.05) is 0 Å². The lowest BCUT2D eigenvalue weighted by Crippen LogP contribution is -2.11. The van der Waals surface area contributed by atoms with Crippen molar-refractivity contribution >= 4 is 10.8 Å². The Kier molecular flexibility index (Phi) is 4.97. The summed E-state index contributed by atoms with van der Waals surface area (Å²) in [6.45, 7) is 2.05. The molecule has 4 aromatic carbocycles. The molecule has 0 radical (unpaired) electrons. The molecule has 0 aliphatic carbocycles. The lowest BCUT2D eigenvalue weighted by Gasteiger charge is -2.23. The summed E-state index contributed by atoms with van der Waals surface area (Å²) in [5.74, 6) is 0.550. The molecule has 1 heterocycles. The molecular weight excluding hydrogens is 380 g/mol. The van der Waals surface area contributed by atoms with Gasteiger partial charge in [0, 0.05) is 17.0 Å². The molecule has 1 aromatic heterocycles. The van der Waals surface area contributed by atoms with Crippen LogP contribution in [0.5, 0.6) is 0 Å². The second-order valence-corrected chi connectivity index (χ2v) is 7.80. The van der Waals surface area contributed by atoms with Gasteiger partial charge in [0.25, 0.3) is 0 Å². The molecule has 5 rings (SSSR count). The van der Waals surface area contributed by atoms with Gasteiger partial charge in [0.15, 0.2) is 0 Å². The Morgan fingerprint density at radius 3 is 1.71 bits per heavy atom. The molecule has 2 nitrogen and oxygen atoms in total. The molecule has 31 heavy (non-hydrogen) atoms. The van der Waals surface area contributed by atoms with Crippen LogP contribution in [0.4, 0.5) is 0 Å². The Morgan fingerprint density at radius 1 is 0.613 bits per heavy atom. The summed E-state index contributed by atoms with van der Waals surface area (Å²) < 4.78 is 6.02. The van der Waals surface area contributed by atoms with E-state index in [1.54, 1.807) is 0 Å². The molecule has 0 aliphatic rings. The zero-order valence-corrected chi connectivity index (χ0v) is 17.3. The van der Waals surface area contributed by atoms with Gasteiger partial charge >= 0.3 is 5.63 Å². The minimum absolute atomic E-state index is 0.0760. The molecule has 0 fully saturated rings. The number of hydrogen-bond acceptors (Lipinski definition) is 2. The molecule has 0 spiro atoms. The third kappa shape index (κ3) is 3.57. The van der Waals surface area contributed by atoms with Crippen molar-refractivity contribution in [3.63, 3.8) is 0 Å². The third-order valence-corrected chi connectivity index (χ3v) is 5.74. The monoisotopic (exact) mass is 402 g/mol. The Hall–Kier alpha value is -3.91. The van der Waals surface area contributed by atoms with E-state index in [4.69, 9.17) is 4.42 Å².